The van der Waals surface area contributed by atoms with Gasteiger partial charge in [0.1, 0.15) is 0 Å². The van der Waals surface area contributed by atoms with Crippen molar-refractivity contribution >= 4 is 39.6 Å². The van der Waals surface area contributed by atoms with Crippen molar-refractivity contribution in [2.75, 3.05) is 4.90 Å². The molecule has 0 unspecified atom stereocenters. The van der Waals surface area contributed by atoms with Gasteiger partial charge in [-0.05, 0) is 152 Å². The van der Waals surface area contributed by atoms with Gasteiger partial charge in [0.2, 0.25) is 0 Å². The molecule has 0 spiro atoms. The molecule has 2 aliphatic rings. The Hall–Kier alpha value is -7.94. The summed E-state index contributed by atoms with van der Waals surface area (Å²) in [6, 6.07) is 82.4. The molecule has 65 heavy (non-hydrogen) atoms. The lowest BCUT2D eigenvalue weighted by molar-refractivity contribution is 0.660. The lowest BCUT2D eigenvalue weighted by Gasteiger charge is -2.28. The summed E-state index contributed by atoms with van der Waals surface area (Å²) in [6.07, 6.45) is 4.48. The van der Waals surface area contributed by atoms with Crippen LogP contribution in [0.25, 0.3) is 72.7 Å². The number of fused-ring (bicyclic) bond motifs is 6. The fourth-order valence-electron chi connectivity index (χ4n) is 10.6. The highest BCUT2D eigenvalue weighted by molar-refractivity contribution is 6.01. The number of allylic oxidation sites excluding steroid dienone is 1. The molecule has 0 N–H and O–H groups in total. The molecule has 9 aromatic carbocycles. The van der Waals surface area contributed by atoms with E-state index in [1.165, 1.54) is 94.6 Å². The van der Waals surface area contributed by atoms with Crippen LogP contribution in [0.3, 0.4) is 0 Å². The summed E-state index contributed by atoms with van der Waals surface area (Å²) in [5.41, 5.74) is 23.7. The van der Waals surface area contributed by atoms with Gasteiger partial charge in [-0.2, -0.15) is 0 Å². The highest BCUT2D eigenvalue weighted by Crippen LogP contribution is 2.52. The van der Waals surface area contributed by atoms with E-state index in [1.807, 2.05) is 0 Å². The Morgan fingerprint density at radius 2 is 0.862 bits per heavy atom. The Bertz CT molecular complexity index is 3310. The third-order valence-corrected chi connectivity index (χ3v) is 13.9. The highest BCUT2D eigenvalue weighted by Gasteiger charge is 2.36. The van der Waals surface area contributed by atoms with Crippen molar-refractivity contribution in [2.24, 2.45) is 0 Å². The van der Waals surface area contributed by atoms with Crippen molar-refractivity contribution in [2.45, 2.75) is 32.1 Å². The molecule has 2 heteroatoms. The summed E-state index contributed by atoms with van der Waals surface area (Å²) in [5.74, 6) is 0. The van der Waals surface area contributed by atoms with Crippen LogP contribution in [0.5, 0.6) is 0 Å². The van der Waals surface area contributed by atoms with Crippen LogP contribution < -0.4 is 4.90 Å². The average Bonchev–Trinajstić information content (AvgIpc) is 3.82. The van der Waals surface area contributed by atoms with Gasteiger partial charge < -0.3 is 9.47 Å². The summed E-state index contributed by atoms with van der Waals surface area (Å²) in [5, 5.41) is 1.30. The second kappa shape index (κ2) is 15.7. The molecule has 0 atom stereocenters. The molecule has 2 nitrogen and oxygen atoms in total. The number of hydrogen-bond donors (Lipinski definition) is 0. The van der Waals surface area contributed by atoms with Gasteiger partial charge >= 0.3 is 0 Å². The van der Waals surface area contributed by atoms with E-state index >= 15 is 0 Å². The average molecular weight is 833 g/mol. The van der Waals surface area contributed by atoms with Gasteiger partial charge in [0, 0.05) is 44.8 Å². The van der Waals surface area contributed by atoms with Crippen molar-refractivity contribution < 1.29 is 0 Å². The quantitative estimate of drug-likeness (QED) is 0.148. The zero-order valence-electron chi connectivity index (χ0n) is 36.7. The maximum Gasteiger partial charge on any atom is 0.0538 e. The Kier molecular flexibility index (Phi) is 9.35. The molecule has 0 amide bonds. The summed E-state index contributed by atoms with van der Waals surface area (Å²) < 4.78 is 2.49. The van der Waals surface area contributed by atoms with Gasteiger partial charge in [-0.1, -0.05) is 172 Å². The molecule has 10 aromatic rings. The van der Waals surface area contributed by atoms with Gasteiger partial charge in [0.05, 0.1) is 5.52 Å². The maximum atomic E-state index is 2.49. The largest absolute Gasteiger partial charge is 0.313 e. The van der Waals surface area contributed by atoms with Crippen LogP contribution >= 0.6 is 0 Å². The van der Waals surface area contributed by atoms with E-state index in [2.05, 4.69) is 254 Å². The molecule has 1 heterocycles. The molecule has 0 saturated heterocycles. The maximum absolute atomic E-state index is 2.49. The van der Waals surface area contributed by atoms with E-state index < -0.39 is 0 Å². The number of anilines is 3. The SMILES string of the molecule is CC1(C)c2cc(-c3ccc4c(c3)c3c(n4-c4ccccc4)CCC(c4ccccc4)=C3)ccc2-c2ccc(N(c3ccc(-c4ccccc4)cc3)c3ccc(-c4ccccc4)cc3)cc21. The normalized spacial score (nSPS) is 13.5. The Morgan fingerprint density at radius 3 is 1.46 bits per heavy atom. The molecule has 1 aromatic heterocycles. The van der Waals surface area contributed by atoms with E-state index in [-0.39, 0.29) is 5.41 Å². The van der Waals surface area contributed by atoms with Crippen LogP contribution in [0.2, 0.25) is 0 Å². The van der Waals surface area contributed by atoms with Crippen LogP contribution in [-0.2, 0) is 11.8 Å². The molecule has 0 aliphatic heterocycles. The minimum absolute atomic E-state index is 0.218. The molecular weight excluding hydrogens is 785 g/mol. The van der Waals surface area contributed by atoms with E-state index in [0.29, 0.717) is 0 Å². The monoisotopic (exact) mass is 832 g/mol. The van der Waals surface area contributed by atoms with Crippen LogP contribution in [-0.4, -0.2) is 4.57 Å². The Labute approximate surface area is 382 Å². The first-order valence-electron chi connectivity index (χ1n) is 22.9. The van der Waals surface area contributed by atoms with Crippen LogP contribution in [0.4, 0.5) is 17.1 Å². The second-order valence-electron chi connectivity index (χ2n) is 18.1. The highest BCUT2D eigenvalue weighted by atomic mass is 15.1. The third-order valence-electron chi connectivity index (χ3n) is 13.9. The molecule has 310 valence electrons. The second-order valence-corrected chi connectivity index (χ2v) is 18.1. The first-order chi connectivity index (χ1) is 32.0. The lowest BCUT2D eigenvalue weighted by Crippen LogP contribution is -2.16. The Morgan fingerprint density at radius 1 is 0.400 bits per heavy atom. The molecular formula is C63H48N2. The van der Waals surface area contributed by atoms with Gasteiger partial charge in [-0.3, -0.25) is 0 Å². The fraction of sp³-hybridized carbons (Fsp3) is 0.0794. The van der Waals surface area contributed by atoms with Crippen molar-refractivity contribution in [1.82, 2.24) is 4.57 Å². The zero-order valence-corrected chi connectivity index (χ0v) is 36.7. The third kappa shape index (κ3) is 6.73. The first kappa shape index (κ1) is 38.7. The number of hydrogen-bond acceptors (Lipinski definition) is 1. The summed E-state index contributed by atoms with van der Waals surface area (Å²) in [6.45, 7) is 4.79. The van der Waals surface area contributed by atoms with Gasteiger partial charge in [0.25, 0.3) is 0 Å². The number of para-hydroxylation sites is 1. The fourth-order valence-corrected chi connectivity index (χ4v) is 10.6. The number of nitrogens with zero attached hydrogens (tertiary/aromatic N) is 2. The van der Waals surface area contributed by atoms with Crippen molar-refractivity contribution in [3.8, 4) is 50.2 Å². The summed E-state index contributed by atoms with van der Waals surface area (Å²) >= 11 is 0. The molecule has 0 fully saturated rings. The topological polar surface area (TPSA) is 8.17 Å². The standard InChI is InChI=1S/C63H48N2/c1-63(2)59-41-50(49-29-38-62-58(40-49)57-39-48(45-19-11-5-12-20-45)28-37-61(57)65(62)51-21-13-6-14-22-51)27-35-55(59)56-36-34-54(42-60(56)63)64(52-30-23-46(24-31-52)43-15-7-3-8-16-43)53-32-25-47(26-33-53)44-17-9-4-10-18-44/h3-27,29-36,38-42H,28,37H2,1-2H3. The molecule has 0 radical (unpaired) electrons. The Balaban J connectivity index is 0.932. The number of benzene rings is 9. The molecule has 2 aliphatic carbocycles. The van der Waals surface area contributed by atoms with E-state index in [4.69, 9.17) is 0 Å². The summed E-state index contributed by atoms with van der Waals surface area (Å²) in [7, 11) is 0. The molecule has 0 bridgehead atoms. The molecule has 12 rings (SSSR count). The first-order valence-corrected chi connectivity index (χ1v) is 22.9. The smallest absolute Gasteiger partial charge is 0.0538 e. The van der Waals surface area contributed by atoms with Crippen LogP contribution in [0.1, 0.15) is 48.2 Å². The minimum Gasteiger partial charge on any atom is -0.313 e. The van der Waals surface area contributed by atoms with Crippen molar-refractivity contribution in [3.05, 3.63) is 252 Å². The minimum atomic E-state index is -0.218. The number of rotatable bonds is 8. The molecule has 0 saturated carbocycles. The van der Waals surface area contributed by atoms with Gasteiger partial charge in [0.15, 0.2) is 0 Å². The van der Waals surface area contributed by atoms with E-state index in [9.17, 15) is 0 Å². The zero-order chi connectivity index (χ0) is 43.5. The van der Waals surface area contributed by atoms with E-state index in [0.717, 1.165) is 29.9 Å². The van der Waals surface area contributed by atoms with Gasteiger partial charge in [-0.25, -0.2) is 0 Å². The summed E-state index contributed by atoms with van der Waals surface area (Å²) in [4.78, 5) is 2.41. The van der Waals surface area contributed by atoms with E-state index in [1.54, 1.807) is 0 Å². The van der Waals surface area contributed by atoms with Crippen LogP contribution in [0.15, 0.2) is 224 Å². The van der Waals surface area contributed by atoms with Crippen LogP contribution in [0, 0.1) is 0 Å². The lowest BCUT2D eigenvalue weighted by atomic mass is 9.81. The predicted molar refractivity (Wildman–Crippen MR) is 274 cm³/mol. The van der Waals surface area contributed by atoms with Crippen molar-refractivity contribution in [1.29, 1.82) is 0 Å². The predicted octanol–water partition coefficient (Wildman–Crippen LogP) is 16.9. The van der Waals surface area contributed by atoms with Gasteiger partial charge in [-0.15, -0.1) is 0 Å². The van der Waals surface area contributed by atoms with Crippen molar-refractivity contribution in [3.63, 3.8) is 0 Å². The number of aromatic nitrogens is 1.